The van der Waals surface area contributed by atoms with E-state index in [1.807, 2.05) is 20.8 Å². The van der Waals surface area contributed by atoms with Gasteiger partial charge in [-0.1, -0.05) is 20.8 Å². The molecule has 1 saturated heterocycles. The highest BCUT2D eigenvalue weighted by molar-refractivity contribution is 5.91. The molecule has 0 saturated carbocycles. The van der Waals surface area contributed by atoms with Gasteiger partial charge < -0.3 is 10.0 Å². The Morgan fingerprint density at radius 1 is 1.50 bits per heavy atom. The zero-order chi connectivity index (χ0) is 10.9. The van der Waals surface area contributed by atoms with Gasteiger partial charge in [-0.2, -0.15) is 0 Å². The largest absolute Gasteiger partial charge is 0.385 e. The second-order valence-corrected chi connectivity index (χ2v) is 4.75. The van der Waals surface area contributed by atoms with Crippen LogP contribution in [0, 0.1) is 5.41 Å². The molecule has 0 aromatic heterocycles. The van der Waals surface area contributed by atoms with Crippen molar-refractivity contribution in [2.45, 2.75) is 33.3 Å². The van der Waals surface area contributed by atoms with Crippen molar-refractivity contribution in [1.82, 2.24) is 4.90 Å². The predicted octanol–water partition coefficient (Wildman–Crippen LogP) is 0.195. The molecule has 80 valence electrons. The number of nitrogens with zero attached hydrogens (tertiary/aromatic N) is 1. The summed E-state index contributed by atoms with van der Waals surface area (Å²) in [5.74, 6) is -0.286. The van der Waals surface area contributed by atoms with E-state index < -0.39 is 11.5 Å². The molecule has 4 nitrogen and oxygen atoms in total. The van der Waals surface area contributed by atoms with E-state index in [1.165, 1.54) is 4.90 Å². The highest BCUT2D eigenvalue weighted by Gasteiger charge is 2.33. The molecule has 1 unspecified atom stereocenters. The third kappa shape index (κ3) is 2.32. The normalized spacial score (nSPS) is 23.9. The maximum Gasteiger partial charge on any atom is 0.228 e. The third-order valence-corrected chi connectivity index (χ3v) is 2.32. The van der Waals surface area contributed by atoms with E-state index in [1.54, 1.807) is 0 Å². The maximum atomic E-state index is 11.8. The lowest BCUT2D eigenvalue weighted by Gasteiger charge is -2.33. The number of rotatable bonds is 0. The SMILES string of the molecule is CC(C)(C)C(=O)N1CCC(O)C(=O)C1. The van der Waals surface area contributed by atoms with Crippen LogP contribution in [-0.2, 0) is 9.59 Å². The fraction of sp³-hybridized carbons (Fsp3) is 0.800. The minimum Gasteiger partial charge on any atom is -0.385 e. The first-order valence-electron chi connectivity index (χ1n) is 4.82. The molecule has 1 rings (SSSR count). The van der Waals surface area contributed by atoms with Crippen LogP contribution in [0.3, 0.4) is 0 Å². The van der Waals surface area contributed by atoms with E-state index in [2.05, 4.69) is 0 Å². The number of ketones is 1. The smallest absolute Gasteiger partial charge is 0.228 e. The standard InChI is InChI=1S/C10H17NO3/c1-10(2,3)9(14)11-5-4-7(12)8(13)6-11/h7,12H,4-6H2,1-3H3. The number of carbonyl (C=O) groups is 2. The molecule has 4 heteroatoms. The Hall–Kier alpha value is -0.900. The Morgan fingerprint density at radius 3 is 2.50 bits per heavy atom. The first-order chi connectivity index (χ1) is 6.32. The Kier molecular flexibility index (Phi) is 2.95. The van der Waals surface area contributed by atoms with Gasteiger partial charge in [0.2, 0.25) is 5.91 Å². The molecule has 0 aromatic rings. The number of Topliss-reactive ketones (excluding diaryl/α,β-unsaturated/α-hetero) is 1. The zero-order valence-corrected chi connectivity index (χ0v) is 8.91. The number of hydrogen-bond acceptors (Lipinski definition) is 3. The average molecular weight is 199 g/mol. The molecular weight excluding hydrogens is 182 g/mol. The summed E-state index contributed by atoms with van der Waals surface area (Å²) in [5, 5.41) is 9.19. The number of piperidine rings is 1. The Labute approximate surface area is 83.9 Å². The molecule has 1 heterocycles. The number of aliphatic hydroxyl groups is 1. The Morgan fingerprint density at radius 2 is 2.07 bits per heavy atom. The van der Waals surface area contributed by atoms with Crippen molar-refractivity contribution in [3.8, 4) is 0 Å². The lowest BCUT2D eigenvalue weighted by Crippen LogP contribution is -2.49. The van der Waals surface area contributed by atoms with Crippen molar-refractivity contribution in [2.24, 2.45) is 5.41 Å². The van der Waals surface area contributed by atoms with Crippen LogP contribution < -0.4 is 0 Å². The minimum atomic E-state index is -0.876. The summed E-state index contributed by atoms with van der Waals surface area (Å²) in [6.07, 6.45) is -0.514. The summed E-state index contributed by atoms with van der Waals surface area (Å²) in [6, 6.07) is 0. The molecule has 1 amide bonds. The second-order valence-electron chi connectivity index (χ2n) is 4.75. The van der Waals surface area contributed by atoms with Gasteiger partial charge >= 0.3 is 0 Å². The van der Waals surface area contributed by atoms with E-state index in [0.29, 0.717) is 13.0 Å². The minimum absolute atomic E-state index is 0.0299. The van der Waals surface area contributed by atoms with Crippen molar-refractivity contribution in [2.75, 3.05) is 13.1 Å². The van der Waals surface area contributed by atoms with Crippen LogP contribution in [0.25, 0.3) is 0 Å². The molecule has 1 aliphatic rings. The highest BCUT2D eigenvalue weighted by Crippen LogP contribution is 2.19. The maximum absolute atomic E-state index is 11.8. The van der Waals surface area contributed by atoms with Crippen molar-refractivity contribution in [3.63, 3.8) is 0 Å². The van der Waals surface area contributed by atoms with Gasteiger partial charge in [0.25, 0.3) is 0 Å². The van der Waals surface area contributed by atoms with Crippen molar-refractivity contribution in [3.05, 3.63) is 0 Å². The Bertz CT molecular complexity index is 255. The van der Waals surface area contributed by atoms with Crippen LogP contribution in [-0.4, -0.2) is 40.9 Å². The van der Waals surface area contributed by atoms with Gasteiger partial charge in [-0.3, -0.25) is 9.59 Å². The first kappa shape index (κ1) is 11.2. The van der Waals surface area contributed by atoms with Gasteiger partial charge in [-0.05, 0) is 6.42 Å². The van der Waals surface area contributed by atoms with Crippen LogP contribution in [0.2, 0.25) is 0 Å². The molecule has 0 radical (unpaired) electrons. The van der Waals surface area contributed by atoms with Crippen LogP contribution >= 0.6 is 0 Å². The van der Waals surface area contributed by atoms with E-state index in [0.717, 1.165) is 0 Å². The second kappa shape index (κ2) is 3.69. The number of carbonyl (C=O) groups excluding carboxylic acids is 2. The van der Waals surface area contributed by atoms with E-state index in [-0.39, 0.29) is 18.2 Å². The van der Waals surface area contributed by atoms with Gasteiger partial charge in [-0.15, -0.1) is 0 Å². The summed E-state index contributed by atoms with van der Waals surface area (Å²) in [4.78, 5) is 24.5. The first-order valence-corrected chi connectivity index (χ1v) is 4.82. The summed E-state index contributed by atoms with van der Waals surface area (Å²) in [6.45, 7) is 6.00. The van der Waals surface area contributed by atoms with Gasteiger partial charge in [-0.25, -0.2) is 0 Å². The highest BCUT2D eigenvalue weighted by atomic mass is 16.3. The van der Waals surface area contributed by atoms with E-state index >= 15 is 0 Å². The monoisotopic (exact) mass is 199 g/mol. The molecule has 1 atom stereocenters. The van der Waals surface area contributed by atoms with Crippen molar-refractivity contribution < 1.29 is 14.7 Å². The predicted molar refractivity (Wildman–Crippen MR) is 51.7 cm³/mol. The van der Waals surface area contributed by atoms with Crippen LogP contribution in [0.4, 0.5) is 0 Å². The van der Waals surface area contributed by atoms with Gasteiger partial charge in [0.1, 0.15) is 6.10 Å². The molecule has 1 aliphatic heterocycles. The molecule has 0 spiro atoms. The molecular formula is C10H17NO3. The summed E-state index contributed by atoms with van der Waals surface area (Å²) in [5.41, 5.74) is -0.456. The van der Waals surface area contributed by atoms with Gasteiger partial charge in [0.15, 0.2) is 5.78 Å². The van der Waals surface area contributed by atoms with Crippen LogP contribution in [0.15, 0.2) is 0 Å². The number of aliphatic hydroxyl groups excluding tert-OH is 1. The van der Waals surface area contributed by atoms with Crippen LogP contribution in [0.5, 0.6) is 0 Å². The van der Waals surface area contributed by atoms with Crippen LogP contribution in [0.1, 0.15) is 27.2 Å². The molecule has 0 bridgehead atoms. The zero-order valence-electron chi connectivity index (χ0n) is 8.91. The molecule has 1 fully saturated rings. The van der Waals surface area contributed by atoms with E-state index in [9.17, 15) is 14.7 Å². The number of amides is 1. The average Bonchev–Trinajstić information content (AvgIpc) is 2.07. The molecule has 0 aromatic carbocycles. The number of likely N-dealkylation sites (tertiary alicyclic amines) is 1. The van der Waals surface area contributed by atoms with Crippen molar-refractivity contribution in [1.29, 1.82) is 0 Å². The summed E-state index contributed by atoms with van der Waals surface area (Å²) < 4.78 is 0. The third-order valence-electron chi connectivity index (χ3n) is 2.32. The summed E-state index contributed by atoms with van der Waals surface area (Å²) >= 11 is 0. The summed E-state index contributed by atoms with van der Waals surface area (Å²) in [7, 11) is 0. The van der Waals surface area contributed by atoms with E-state index in [4.69, 9.17) is 0 Å². The lowest BCUT2D eigenvalue weighted by atomic mass is 9.93. The molecule has 14 heavy (non-hydrogen) atoms. The topological polar surface area (TPSA) is 57.6 Å². The van der Waals surface area contributed by atoms with Gasteiger partial charge in [0, 0.05) is 12.0 Å². The fourth-order valence-electron chi connectivity index (χ4n) is 1.46. The Balaban J connectivity index is 2.64. The molecule has 0 aliphatic carbocycles. The lowest BCUT2D eigenvalue weighted by molar-refractivity contribution is -0.147. The quantitative estimate of drug-likeness (QED) is 0.606. The fourth-order valence-corrected chi connectivity index (χ4v) is 1.46. The number of hydrogen-bond donors (Lipinski definition) is 1. The van der Waals surface area contributed by atoms with Crippen molar-refractivity contribution >= 4 is 11.7 Å². The van der Waals surface area contributed by atoms with Gasteiger partial charge in [0.05, 0.1) is 6.54 Å². The molecule has 1 N–H and O–H groups in total.